The molecule has 14 heavy (non-hydrogen) atoms. The summed E-state index contributed by atoms with van der Waals surface area (Å²) in [5.41, 5.74) is 10.7. The molecule has 0 saturated carbocycles. The molecule has 5 nitrogen and oxygen atoms in total. The molecule has 0 atom stereocenters. The van der Waals surface area contributed by atoms with Gasteiger partial charge in [0.05, 0.1) is 0 Å². The van der Waals surface area contributed by atoms with Crippen LogP contribution in [0.5, 0.6) is 0 Å². The molecule has 0 fully saturated rings. The van der Waals surface area contributed by atoms with Gasteiger partial charge in [-0.05, 0) is 0 Å². The molecule has 0 bridgehead atoms. The van der Waals surface area contributed by atoms with Crippen LogP contribution in [0, 0.1) is 5.53 Å². The first-order chi connectivity index (χ1) is 6.81. The normalized spacial score (nSPS) is 10.8. The molecule has 0 saturated heterocycles. The third kappa shape index (κ3) is 2.22. The van der Waals surface area contributed by atoms with Crippen LogP contribution in [-0.2, 0) is 0 Å². The largest absolute Gasteiger partial charge is 0.311 e. The van der Waals surface area contributed by atoms with Gasteiger partial charge >= 0.3 is 0 Å². The maximum absolute atomic E-state index is 10.4. The van der Waals surface area contributed by atoms with E-state index < -0.39 is 0 Å². The van der Waals surface area contributed by atoms with Crippen molar-refractivity contribution in [3.05, 3.63) is 35.4 Å². The summed E-state index contributed by atoms with van der Waals surface area (Å²) >= 11 is 0. The number of amidine groups is 1. The van der Waals surface area contributed by atoms with Gasteiger partial charge in [0, 0.05) is 18.2 Å². The number of nitrogens with zero attached hydrogens (tertiary/aromatic N) is 2. The molecule has 0 aromatic heterocycles. The van der Waals surface area contributed by atoms with Gasteiger partial charge < -0.3 is 5.43 Å². The lowest BCUT2D eigenvalue weighted by atomic mass is 10.1. The van der Waals surface area contributed by atoms with Crippen LogP contribution in [0.2, 0.25) is 0 Å². The maximum atomic E-state index is 10.4. The Morgan fingerprint density at radius 3 is 2.50 bits per heavy atom. The van der Waals surface area contributed by atoms with Crippen molar-refractivity contribution in [2.45, 2.75) is 0 Å². The highest BCUT2D eigenvalue weighted by molar-refractivity contribution is 5.99. The zero-order valence-electron chi connectivity index (χ0n) is 7.69. The topological polar surface area (TPSA) is 77.7 Å². The number of carbonyl (C=O) groups excluding carboxylic acids is 1. The van der Waals surface area contributed by atoms with Gasteiger partial charge in [0.25, 0.3) is 0 Å². The van der Waals surface area contributed by atoms with Crippen LogP contribution < -0.4 is 5.43 Å². The summed E-state index contributed by atoms with van der Waals surface area (Å²) in [7, 11) is 1.63. The zero-order chi connectivity index (χ0) is 10.4. The third-order valence-electron chi connectivity index (χ3n) is 1.63. The second kappa shape index (κ2) is 4.86. The average molecular weight is 190 g/mol. The second-order valence-electron chi connectivity index (χ2n) is 2.51. The van der Waals surface area contributed by atoms with Crippen molar-refractivity contribution in [2.75, 3.05) is 7.05 Å². The van der Waals surface area contributed by atoms with Gasteiger partial charge in [-0.3, -0.25) is 4.79 Å². The molecule has 72 valence electrons. The molecule has 0 aliphatic carbocycles. The minimum Gasteiger partial charge on any atom is -0.311 e. The van der Waals surface area contributed by atoms with Crippen molar-refractivity contribution < 1.29 is 4.79 Å². The molecule has 1 rings (SSSR count). The van der Waals surface area contributed by atoms with E-state index in [1.165, 1.54) is 0 Å². The van der Waals surface area contributed by atoms with E-state index in [4.69, 9.17) is 5.53 Å². The maximum Gasteiger partial charge on any atom is 0.200 e. The summed E-state index contributed by atoms with van der Waals surface area (Å²) in [6, 6.07) is 6.69. The Labute approximate surface area is 81.3 Å². The average Bonchev–Trinajstić information content (AvgIpc) is 2.26. The molecule has 1 aromatic carbocycles. The summed E-state index contributed by atoms with van der Waals surface area (Å²) in [6.07, 6.45) is 0.760. The monoisotopic (exact) mass is 190 g/mol. The summed E-state index contributed by atoms with van der Waals surface area (Å²) < 4.78 is 0. The highest BCUT2D eigenvalue weighted by Gasteiger charge is 2.00. The molecule has 0 unspecified atom stereocenters. The fraction of sp³-hybridized carbons (Fsp3) is 0.111. The summed E-state index contributed by atoms with van der Waals surface area (Å²) in [5.74, 6) is 0.282. The molecule has 0 amide bonds. The number of hydrazone groups is 1. The fourth-order valence-corrected chi connectivity index (χ4v) is 0.971. The second-order valence-corrected chi connectivity index (χ2v) is 2.51. The van der Waals surface area contributed by atoms with Gasteiger partial charge in [-0.15, -0.1) is 5.11 Å². The smallest absolute Gasteiger partial charge is 0.200 e. The number of benzene rings is 1. The first-order valence-corrected chi connectivity index (χ1v) is 3.99. The van der Waals surface area contributed by atoms with Crippen LogP contribution in [-0.4, -0.2) is 19.2 Å². The van der Waals surface area contributed by atoms with Crippen LogP contribution in [0.4, 0.5) is 0 Å². The van der Waals surface area contributed by atoms with Gasteiger partial charge in [0.2, 0.25) is 0 Å². The van der Waals surface area contributed by atoms with Crippen molar-refractivity contribution in [1.29, 1.82) is 5.53 Å². The van der Waals surface area contributed by atoms with E-state index in [2.05, 4.69) is 15.6 Å². The summed E-state index contributed by atoms with van der Waals surface area (Å²) in [6.45, 7) is 0. The lowest BCUT2D eigenvalue weighted by Crippen LogP contribution is -2.04. The van der Waals surface area contributed by atoms with Crippen molar-refractivity contribution in [3.8, 4) is 0 Å². The molecule has 0 spiro atoms. The lowest BCUT2D eigenvalue weighted by Gasteiger charge is -1.98. The quantitative estimate of drug-likeness (QED) is 0.248. The highest BCUT2D eigenvalue weighted by atomic mass is 16.1. The van der Waals surface area contributed by atoms with E-state index in [-0.39, 0.29) is 5.84 Å². The van der Waals surface area contributed by atoms with Crippen LogP contribution in [0.3, 0.4) is 0 Å². The molecule has 2 N–H and O–H groups in total. The highest BCUT2D eigenvalue weighted by Crippen LogP contribution is 2.04. The molecule has 0 heterocycles. The molecule has 0 radical (unpaired) electrons. The van der Waals surface area contributed by atoms with Gasteiger partial charge in [-0.1, -0.05) is 24.3 Å². The molecule has 0 aliphatic rings. The number of hydrogen-bond acceptors (Lipinski definition) is 4. The minimum absolute atomic E-state index is 0.282. The minimum atomic E-state index is 0.282. The lowest BCUT2D eigenvalue weighted by molar-refractivity contribution is 0.112. The Morgan fingerprint density at radius 1 is 1.43 bits per heavy atom. The van der Waals surface area contributed by atoms with Crippen molar-refractivity contribution in [1.82, 2.24) is 5.43 Å². The van der Waals surface area contributed by atoms with Crippen LogP contribution >= 0.6 is 0 Å². The molecule has 0 aliphatic heterocycles. The molecule has 1 aromatic rings. The first-order valence-electron chi connectivity index (χ1n) is 3.99. The predicted molar refractivity (Wildman–Crippen MR) is 52.6 cm³/mol. The summed E-state index contributed by atoms with van der Waals surface area (Å²) in [5, 5.41) is 7.05. The third-order valence-corrected chi connectivity index (χ3v) is 1.63. The number of nitrogens with one attached hydrogen (secondary N) is 2. The van der Waals surface area contributed by atoms with E-state index in [0.29, 0.717) is 11.1 Å². The van der Waals surface area contributed by atoms with Crippen LogP contribution in [0.15, 0.2) is 34.5 Å². The number of rotatable bonds is 3. The Balaban J connectivity index is 3.00. The van der Waals surface area contributed by atoms with Gasteiger partial charge in [-0.25, -0.2) is 5.53 Å². The number of carbonyl (C=O) groups is 1. The molecule has 5 heteroatoms. The van der Waals surface area contributed by atoms with Crippen LogP contribution in [0.25, 0.3) is 0 Å². The van der Waals surface area contributed by atoms with E-state index >= 15 is 0 Å². The van der Waals surface area contributed by atoms with E-state index in [0.717, 1.165) is 6.29 Å². The fourth-order valence-electron chi connectivity index (χ4n) is 0.971. The van der Waals surface area contributed by atoms with Crippen molar-refractivity contribution in [3.63, 3.8) is 0 Å². The van der Waals surface area contributed by atoms with Gasteiger partial charge in [0.1, 0.15) is 6.29 Å². The van der Waals surface area contributed by atoms with Crippen molar-refractivity contribution >= 4 is 12.1 Å². The Morgan fingerprint density at radius 2 is 2.07 bits per heavy atom. The van der Waals surface area contributed by atoms with Gasteiger partial charge in [-0.2, -0.15) is 5.10 Å². The SMILES string of the molecule is CN/N=C(\N=N)c1ccc(C=O)cc1. The van der Waals surface area contributed by atoms with E-state index in [1.807, 2.05) is 0 Å². The Kier molecular flexibility index (Phi) is 3.49. The molecular formula is C9H10N4O. The van der Waals surface area contributed by atoms with Crippen molar-refractivity contribution in [2.24, 2.45) is 10.2 Å². The summed E-state index contributed by atoms with van der Waals surface area (Å²) in [4.78, 5) is 10.4. The zero-order valence-corrected chi connectivity index (χ0v) is 7.69. The number of hydrogen-bond donors (Lipinski definition) is 2. The Bertz CT molecular complexity index is 356. The number of aldehydes is 1. The van der Waals surface area contributed by atoms with Gasteiger partial charge in [0.15, 0.2) is 5.84 Å². The van der Waals surface area contributed by atoms with E-state index in [1.54, 1.807) is 31.3 Å². The standard InChI is InChI=1S/C9H10N4O/c1-11-13-9(12-10)8-4-2-7(6-14)3-5-8/h2-6,10-11H,1H3/b12-10?,13-9-. The van der Waals surface area contributed by atoms with E-state index in [9.17, 15) is 4.79 Å². The van der Waals surface area contributed by atoms with Crippen LogP contribution in [0.1, 0.15) is 15.9 Å². The molecular weight excluding hydrogens is 180 g/mol. The first kappa shape index (κ1) is 10.0. The predicted octanol–water partition coefficient (Wildman–Crippen LogP) is 1.41. The Hall–Kier alpha value is -2.04.